The van der Waals surface area contributed by atoms with Gasteiger partial charge in [0, 0.05) is 12.2 Å². The Labute approximate surface area is 178 Å². The van der Waals surface area contributed by atoms with Crippen molar-refractivity contribution in [2.75, 3.05) is 25.0 Å². The highest BCUT2D eigenvalue weighted by Gasteiger charge is 2.34. The van der Waals surface area contributed by atoms with Gasteiger partial charge in [0.05, 0.1) is 6.54 Å². The summed E-state index contributed by atoms with van der Waals surface area (Å²) < 4.78 is 6.06. The number of esters is 1. The van der Waals surface area contributed by atoms with Gasteiger partial charge < -0.3 is 15.8 Å². The molecule has 1 amide bonds. The van der Waals surface area contributed by atoms with Crippen LogP contribution < -0.4 is 11.1 Å². The fraction of sp³-hybridized carbons (Fsp3) is 0.417. The minimum atomic E-state index is -0.609. The summed E-state index contributed by atoms with van der Waals surface area (Å²) in [5.41, 5.74) is 7.08. The highest BCUT2D eigenvalue weighted by molar-refractivity contribution is 5.81. The van der Waals surface area contributed by atoms with Crippen molar-refractivity contribution in [1.29, 1.82) is 0 Å². The van der Waals surface area contributed by atoms with Crippen LogP contribution >= 0.6 is 0 Å². The second-order valence-corrected chi connectivity index (χ2v) is 7.87. The van der Waals surface area contributed by atoms with Gasteiger partial charge in [-0.2, -0.15) is 0 Å². The van der Waals surface area contributed by atoms with Crippen LogP contribution in [0.1, 0.15) is 37.8 Å². The lowest BCUT2D eigenvalue weighted by Crippen LogP contribution is -2.49. The molecule has 6 heteroatoms. The van der Waals surface area contributed by atoms with Gasteiger partial charge in [0.15, 0.2) is 6.04 Å². The molecule has 6 nitrogen and oxygen atoms in total. The number of anilines is 1. The smallest absolute Gasteiger partial charge is 0.333 e. The molecular weight excluding hydrogens is 378 g/mol. The van der Waals surface area contributed by atoms with Gasteiger partial charge in [-0.1, -0.05) is 61.9 Å². The lowest BCUT2D eigenvalue weighted by molar-refractivity contribution is -0.156. The lowest BCUT2D eigenvalue weighted by Gasteiger charge is -2.38. The SMILES string of the molecule is CCCC1CCN(CC(N)=O)CC1OC(=O)C(Nc1ccccc1)c1ccccc1. The number of carbonyl (C=O) groups excluding carboxylic acids is 2. The van der Waals surface area contributed by atoms with E-state index in [9.17, 15) is 9.59 Å². The summed E-state index contributed by atoms with van der Waals surface area (Å²) in [6.45, 7) is 3.66. The third kappa shape index (κ3) is 6.07. The summed E-state index contributed by atoms with van der Waals surface area (Å²) in [5.74, 6) is -0.379. The molecule has 3 N–H and O–H groups in total. The van der Waals surface area contributed by atoms with Crippen molar-refractivity contribution in [3.05, 3.63) is 66.2 Å². The van der Waals surface area contributed by atoms with Crippen LogP contribution in [0.15, 0.2) is 60.7 Å². The van der Waals surface area contributed by atoms with Crippen LogP contribution in [0, 0.1) is 5.92 Å². The van der Waals surface area contributed by atoms with E-state index in [-0.39, 0.29) is 30.4 Å². The van der Waals surface area contributed by atoms with E-state index >= 15 is 0 Å². The Morgan fingerprint density at radius 2 is 1.80 bits per heavy atom. The standard InChI is InChI=1S/C24H31N3O3/c1-2-9-18-14-15-27(17-22(25)28)16-21(18)30-24(29)23(19-10-5-3-6-11-19)26-20-12-7-4-8-13-20/h3-8,10-13,18,21,23,26H,2,9,14-17H2,1H3,(H2,25,28). The Balaban J connectivity index is 1.77. The number of ether oxygens (including phenoxy) is 1. The third-order valence-electron chi connectivity index (χ3n) is 5.54. The van der Waals surface area contributed by atoms with Gasteiger partial charge in [0.2, 0.25) is 5.91 Å². The van der Waals surface area contributed by atoms with E-state index in [1.807, 2.05) is 65.6 Å². The zero-order valence-electron chi connectivity index (χ0n) is 17.5. The van der Waals surface area contributed by atoms with Crippen molar-refractivity contribution < 1.29 is 14.3 Å². The second-order valence-electron chi connectivity index (χ2n) is 7.87. The Kier molecular flexibility index (Phi) is 7.85. The Morgan fingerprint density at radius 1 is 1.13 bits per heavy atom. The third-order valence-corrected chi connectivity index (χ3v) is 5.54. The maximum atomic E-state index is 13.3. The number of primary amides is 1. The highest BCUT2D eigenvalue weighted by Crippen LogP contribution is 2.28. The molecule has 3 rings (SSSR count). The Morgan fingerprint density at radius 3 is 2.43 bits per heavy atom. The van der Waals surface area contributed by atoms with E-state index in [1.165, 1.54) is 0 Å². The first-order valence-electron chi connectivity index (χ1n) is 10.6. The van der Waals surface area contributed by atoms with Gasteiger partial charge in [-0.05, 0) is 43.0 Å². The van der Waals surface area contributed by atoms with Gasteiger partial charge in [-0.15, -0.1) is 0 Å². The summed E-state index contributed by atoms with van der Waals surface area (Å²) in [4.78, 5) is 26.6. The molecule has 0 radical (unpaired) electrons. The molecule has 0 saturated carbocycles. The van der Waals surface area contributed by atoms with Gasteiger partial charge in [0.25, 0.3) is 0 Å². The molecule has 1 aliphatic heterocycles. The van der Waals surface area contributed by atoms with E-state index in [0.29, 0.717) is 6.54 Å². The number of rotatable bonds is 9. The number of benzene rings is 2. The number of piperidine rings is 1. The second kappa shape index (κ2) is 10.8. The molecule has 1 fully saturated rings. The summed E-state index contributed by atoms with van der Waals surface area (Å²) >= 11 is 0. The largest absolute Gasteiger partial charge is 0.459 e. The molecule has 0 aliphatic carbocycles. The first kappa shape index (κ1) is 21.8. The maximum Gasteiger partial charge on any atom is 0.333 e. The lowest BCUT2D eigenvalue weighted by atomic mass is 9.89. The van der Waals surface area contributed by atoms with Gasteiger partial charge in [0.1, 0.15) is 6.10 Å². The predicted molar refractivity (Wildman–Crippen MR) is 118 cm³/mol. The fourth-order valence-electron chi connectivity index (χ4n) is 4.07. The van der Waals surface area contributed by atoms with Crippen LogP contribution in [-0.2, 0) is 14.3 Å². The summed E-state index contributed by atoms with van der Waals surface area (Å²) in [7, 11) is 0. The molecule has 1 saturated heterocycles. The minimum Gasteiger partial charge on any atom is -0.459 e. The van der Waals surface area contributed by atoms with E-state index in [2.05, 4.69) is 12.2 Å². The topological polar surface area (TPSA) is 84.7 Å². The summed E-state index contributed by atoms with van der Waals surface area (Å²) in [6, 6.07) is 18.6. The number of hydrogen-bond donors (Lipinski definition) is 2. The van der Waals surface area contributed by atoms with E-state index in [1.54, 1.807) is 0 Å². The van der Waals surface area contributed by atoms with Crippen LogP contribution in [-0.4, -0.2) is 42.5 Å². The van der Waals surface area contributed by atoms with Crippen LogP contribution in [0.3, 0.4) is 0 Å². The molecule has 0 bridgehead atoms. The van der Waals surface area contributed by atoms with Crippen molar-refractivity contribution in [3.8, 4) is 0 Å². The number of hydrogen-bond acceptors (Lipinski definition) is 5. The Bertz CT molecular complexity index is 813. The number of nitrogens with zero attached hydrogens (tertiary/aromatic N) is 1. The van der Waals surface area contributed by atoms with Crippen molar-refractivity contribution in [3.63, 3.8) is 0 Å². The van der Waals surface area contributed by atoms with Crippen molar-refractivity contribution in [2.45, 2.75) is 38.3 Å². The van der Waals surface area contributed by atoms with E-state index < -0.39 is 6.04 Å². The Hall–Kier alpha value is -2.86. The number of amides is 1. The maximum absolute atomic E-state index is 13.3. The first-order chi connectivity index (χ1) is 14.6. The number of para-hydroxylation sites is 1. The normalized spacial score (nSPS) is 20.3. The van der Waals surface area contributed by atoms with Gasteiger partial charge >= 0.3 is 5.97 Å². The molecular formula is C24H31N3O3. The number of likely N-dealkylation sites (tertiary alicyclic amines) is 1. The first-order valence-corrected chi connectivity index (χ1v) is 10.6. The van der Waals surface area contributed by atoms with E-state index in [4.69, 9.17) is 10.5 Å². The van der Waals surface area contributed by atoms with Crippen LogP contribution in [0.2, 0.25) is 0 Å². The van der Waals surface area contributed by atoms with Crippen molar-refractivity contribution in [1.82, 2.24) is 4.90 Å². The van der Waals surface area contributed by atoms with Crippen LogP contribution in [0.25, 0.3) is 0 Å². The molecule has 0 aromatic heterocycles. The monoisotopic (exact) mass is 409 g/mol. The number of carbonyl (C=O) groups is 2. The molecule has 2 aromatic carbocycles. The molecule has 30 heavy (non-hydrogen) atoms. The van der Waals surface area contributed by atoms with Crippen molar-refractivity contribution >= 4 is 17.6 Å². The zero-order valence-corrected chi connectivity index (χ0v) is 17.5. The molecule has 0 spiro atoms. The van der Waals surface area contributed by atoms with Gasteiger partial charge in [-0.25, -0.2) is 4.79 Å². The van der Waals surface area contributed by atoms with Crippen LogP contribution in [0.4, 0.5) is 5.69 Å². The zero-order chi connectivity index (χ0) is 21.3. The minimum absolute atomic E-state index is 0.192. The highest BCUT2D eigenvalue weighted by atomic mass is 16.5. The summed E-state index contributed by atoms with van der Waals surface area (Å²) in [5, 5.41) is 3.31. The molecule has 160 valence electrons. The number of nitrogens with two attached hydrogens (primary N) is 1. The number of nitrogens with one attached hydrogen (secondary N) is 1. The predicted octanol–water partition coefficient (Wildman–Crippen LogP) is 3.36. The molecule has 1 heterocycles. The van der Waals surface area contributed by atoms with Gasteiger partial charge in [-0.3, -0.25) is 9.69 Å². The molecule has 3 atom stereocenters. The molecule has 1 aliphatic rings. The fourth-order valence-corrected chi connectivity index (χ4v) is 4.07. The summed E-state index contributed by atoms with van der Waals surface area (Å²) in [6.07, 6.45) is 2.65. The average molecular weight is 410 g/mol. The van der Waals surface area contributed by atoms with Crippen molar-refractivity contribution in [2.24, 2.45) is 11.7 Å². The average Bonchev–Trinajstić information content (AvgIpc) is 2.75. The quantitative estimate of drug-likeness (QED) is 0.621. The molecule has 2 aromatic rings. The molecule has 3 unspecified atom stereocenters. The van der Waals surface area contributed by atoms with Crippen LogP contribution in [0.5, 0.6) is 0 Å². The van der Waals surface area contributed by atoms with E-state index in [0.717, 1.165) is 37.1 Å².